The smallest absolute Gasteiger partial charge is 0.273 e. The molecule has 1 N–H and O–H groups in total. The molecule has 0 unspecified atom stereocenters. The van der Waals surface area contributed by atoms with Crippen LogP contribution in [0.3, 0.4) is 0 Å². The molecule has 0 saturated carbocycles. The molecule has 2 aromatic heterocycles. The average molecular weight is 385 g/mol. The fourth-order valence-corrected chi connectivity index (χ4v) is 3.27. The van der Waals surface area contributed by atoms with E-state index in [9.17, 15) is 4.79 Å². The van der Waals surface area contributed by atoms with E-state index in [2.05, 4.69) is 39.6 Å². The maximum atomic E-state index is 12.0. The molecule has 2 heterocycles. The van der Waals surface area contributed by atoms with Gasteiger partial charge in [-0.15, -0.1) is 10.2 Å². The van der Waals surface area contributed by atoms with Crippen molar-refractivity contribution in [1.82, 2.24) is 25.1 Å². The van der Waals surface area contributed by atoms with Gasteiger partial charge in [0, 0.05) is 12.2 Å². The summed E-state index contributed by atoms with van der Waals surface area (Å²) in [6.07, 6.45) is 1.39. The molecule has 27 heavy (non-hydrogen) atoms. The molecular formula is C19H23N5O2S. The third-order valence-corrected chi connectivity index (χ3v) is 4.78. The first-order chi connectivity index (χ1) is 12.9. The Bertz CT molecular complexity index is 915. The van der Waals surface area contributed by atoms with Crippen molar-refractivity contribution < 1.29 is 9.21 Å². The number of nitrogens with one attached hydrogen (secondary N) is 1. The Morgan fingerprint density at radius 3 is 2.67 bits per heavy atom. The lowest BCUT2D eigenvalue weighted by molar-refractivity contribution is 0.0944. The van der Waals surface area contributed by atoms with Crippen molar-refractivity contribution >= 4 is 17.7 Å². The Morgan fingerprint density at radius 2 is 1.96 bits per heavy atom. The van der Waals surface area contributed by atoms with Gasteiger partial charge in [-0.3, -0.25) is 9.36 Å². The van der Waals surface area contributed by atoms with E-state index >= 15 is 0 Å². The number of carbonyl (C=O) groups excluding carboxylic acids is 1. The first-order valence-corrected chi connectivity index (χ1v) is 9.77. The van der Waals surface area contributed by atoms with Crippen LogP contribution < -0.4 is 5.32 Å². The number of rotatable bonds is 7. The average Bonchev–Trinajstić information content (AvgIpc) is 3.25. The molecule has 0 bridgehead atoms. The summed E-state index contributed by atoms with van der Waals surface area (Å²) in [5.74, 6) is 1.91. The van der Waals surface area contributed by atoms with Gasteiger partial charge in [-0.1, -0.05) is 43.3 Å². The van der Waals surface area contributed by atoms with Crippen LogP contribution in [0.4, 0.5) is 0 Å². The zero-order valence-corrected chi connectivity index (χ0v) is 16.7. The fraction of sp³-hybridized carbons (Fsp3) is 0.368. The number of oxazole rings is 1. The summed E-state index contributed by atoms with van der Waals surface area (Å²) in [5, 5.41) is 12.0. The minimum absolute atomic E-state index is 0.220. The van der Waals surface area contributed by atoms with Gasteiger partial charge in [0.2, 0.25) is 5.89 Å². The molecule has 1 aromatic carbocycles. The minimum atomic E-state index is -0.220. The first kappa shape index (κ1) is 19.2. The number of thioether (sulfide) groups is 1. The first-order valence-electron chi connectivity index (χ1n) is 8.78. The second kappa shape index (κ2) is 8.39. The van der Waals surface area contributed by atoms with Crippen LogP contribution in [0.1, 0.15) is 41.6 Å². The maximum Gasteiger partial charge on any atom is 0.273 e. The van der Waals surface area contributed by atoms with Gasteiger partial charge in [0.15, 0.2) is 10.9 Å². The lowest BCUT2D eigenvalue weighted by Gasteiger charge is -2.08. The van der Waals surface area contributed by atoms with Gasteiger partial charge in [0.1, 0.15) is 12.1 Å². The Labute approximate surface area is 162 Å². The largest absolute Gasteiger partial charge is 0.447 e. The van der Waals surface area contributed by atoms with E-state index in [1.807, 2.05) is 37.5 Å². The van der Waals surface area contributed by atoms with Crippen LogP contribution in [0.5, 0.6) is 0 Å². The minimum Gasteiger partial charge on any atom is -0.447 e. The van der Waals surface area contributed by atoms with Crippen LogP contribution in [0.15, 0.2) is 40.1 Å². The lowest BCUT2D eigenvalue weighted by Crippen LogP contribution is -2.27. The van der Waals surface area contributed by atoms with Gasteiger partial charge in [-0.25, -0.2) is 4.98 Å². The number of benzene rings is 1. The van der Waals surface area contributed by atoms with Crippen molar-refractivity contribution in [3.05, 3.63) is 53.5 Å². The number of aryl methyl sites for hydroxylation is 2. The highest BCUT2D eigenvalue weighted by atomic mass is 32.2. The summed E-state index contributed by atoms with van der Waals surface area (Å²) in [4.78, 5) is 16.3. The lowest BCUT2D eigenvalue weighted by atomic mass is 10.2. The second-order valence-corrected chi connectivity index (χ2v) is 7.66. The quantitative estimate of drug-likeness (QED) is 0.626. The molecule has 1 amide bonds. The van der Waals surface area contributed by atoms with Gasteiger partial charge in [-0.05, 0) is 31.9 Å². The number of hydrogen-bond acceptors (Lipinski definition) is 6. The fourth-order valence-electron chi connectivity index (χ4n) is 2.42. The Balaban J connectivity index is 1.68. The summed E-state index contributed by atoms with van der Waals surface area (Å²) in [6.45, 7) is 8.65. The number of carbonyl (C=O) groups is 1. The van der Waals surface area contributed by atoms with Crippen molar-refractivity contribution in [2.45, 2.75) is 38.6 Å². The molecule has 0 spiro atoms. The third-order valence-electron chi connectivity index (χ3n) is 3.87. The molecule has 0 saturated heterocycles. The molecule has 0 aliphatic heterocycles. The van der Waals surface area contributed by atoms with Gasteiger partial charge in [0.25, 0.3) is 5.91 Å². The number of amides is 1. The van der Waals surface area contributed by atoms with E-state index < -0.39 is 0 Å². The van der Waals surface area contributed by atoms with E-state index in [1.165, 1.54) is 23.6 Å². The van der Waals surface area contributed by atoms with Crippen LogP contribution in [-0.4, -0.2) is 32.2 Å². The summed E-state index contributed by atoms with van der Waals surface area (Å²) in [6, 6.07) is 8.19. The van der Waals surface area contributed by atoms with Gasteiger partial charge < -0.3 is 9.73 Å². The molecule has 7 nitrogen and oxygen atoms in total. The van der Waals surface area contributed by atoms with Crippen molar-refractivity contribution in [2.24, 2.45) is 5.92 Å². The van der Waals surface area contributed by atoms with Crippen molar-refractivity contribution in [3.63, 3.8) is 0 Å². The molecule has 142 valence electrons. The Hall–Kier alpha value is -2.61. The second-order valence-electron chi connectivity index (χ2n) is 6.72. The zero-order valence-electron chi connectivity index (χ0n) is 15.9. The molecule has 3 rings (SSSR count). The molecule has 0 aliphatic rings. The molecular weight excluding hydrogens is 362 g/mol. The van der Waals surface area contributed by atoms with Crippen molar-refractivity contribution in [1.29, 1.82) is 0 Å². The van der Waals surface area contributed by atoms with E-state index in [-0.39, 0.29) is 5.91 Å². The predicted octanol–water partition coefficient (Wildman–Crippen LogP) is 3.55. The highest BCUT2D eigenvalue weighted by molar-refractivity contribution is 7.98. The van der Waals surface area contributed by atoms with Gasteiger partial charge in [-0.2, -0.15) is 0 Å². The van der Waals surface area contributed by atoms with E-state index in [0.717, 1.165) is 16.7 Å². The van der Waals surface area contributed by atoms with E-state index in [1.54, 1.807) is 0 Å². The normalized spacial score (nSPS) is 11.1. The molecule has 0 radical (unpaired) electrons. The molecule has 8 heteroatoms. The number of hydrogen-bond donors (Lipinski definition) is 1. The summed E-state index contributed by atoms with van der Waals surface area (Å²) in [7, 11) is 0. The van der Waals surface area contributed by atoms with Crippen LogP contribution in [-0.2, 0) is 5.75 Å². The van der Waals surface area contributed by atoms with Crippen LogP contribution in [0.2, 0.25) is 0 Å². The van der Waals surface area contributed by atoms with Crippen LogP contribution in [0.25, 0.3) is 5.69 Å². The zero-order chi connectivity index (χ0) is 19.4. The van der Waals surface area contributed by atoms with Crippen molar-refractivity contribution in [2.75, 3.05) is 6.54 Å². The van der Waals surface area contributed by atoms with E-state index in [4.69, 9.17) is 4.42 Å². The number of aromatic nitrogens is 4. The van der Waals surface area contributed by atoms with E-state index in [0.29, 0.717) is 29.8 Å². The van der Waals surface area contributed by atoms with Crippen LogP contribution >= 0.6 is 11.8 Å². The summed E-state index contributed by atoms with van der Waals surface area (Å²) >= 11 is 1.46. The van der Waals surface area contributed by atoms with Gasteiger partial charge in [0.05, 0.1) is 5.75 Å². The summed E-state index contributed by atoms with van der Waals surface area (Å²) < 4.78 is 7.42. The molecule has 0 aliphatic carbocycles. The third kappa shape index (κ3) is 4.77. The predicted molar refractivity (Wildman–Crippen MR) is 104 cm³/mol. The maximum absolute atomic E-state index is 12.0. The number of nitrogens with zero attached hydrogens (tertiary/aromatic N) is 4. The Kier molecular flexibility index (Phi) is 5.95. The molecule has 3 aromatic rings. The molecule has 0 atom stereocenters. The summed E-state index contributed by atoms with van der Waals surface area (Å²) in [5.41, 5.74) is 2.50. The van der Waals surface area contributed by atoms with Crippen molar-refractivity contribution in [3.8, 4) is 5.69 Å². The highest BCUT2D eigenvalue weighted by Crippen LogP contribution is 2.25. The Morgan fingerprint density at radius 1 is 1.22 bits per heavy atom. The topological polar surface area (TPSA) is 85.8 Å². The van der Waals surface area contributed by atoms with Gasteiger partial charge >= 0.3 is 0 Å². The standard InChI is InChI=1S/C19H23N5O2S/c1-12(2)9-20-18(25)16-10-26-17(21-16)11-27-19-23-22-14(4)24(19)15-7-5-13(3)6-8-15/h5-8,10,12H,9,11H2,1-4H3,(H,20,25). The van der Waals surface area contributed by atoms with Crippen LogP contribution in [0, 0.1) is 19.8 Å². The monoisotopic (exact) mass is 385 g/mol. The SMILES string of the molecule is Cc1ccc(-n2c(C)nnc2SCc2nc(C(=O)NCC(C)C)co2)cc1. The molecule has 0 fully saturated rings. The highest BCUT2D eigenvalue weighted by Gasteiger charge is 2.15.